The van der Waals surface area contributed by atoms with Crippen molar-refractivity contribution >= 4 is 41.5 Å². The summed E-state index contributed by atoms with van der Waals surface area (Å²) in [6.45, 7) is 0. The second-order valence-electron chi connectivity index (χ2n) is 5.85. The molecule has 0 spiro atoms. The summed E-state index contributed by atoms with van der Waals surface area (Å²) in [5.41, 5.74) is 9.43. The van der Waals surface area contributed by atoms with Crippen molar-refractivity contribution in [1.29, 1.82) is 0 Å². The van der Waals surface area contributed by atoms with Crippen molar-refractivity contribution in [3.05, 3.63) is 68.7 Å². The molecule has 0 aliphatic heterocycles. The lowest BCUT2D eigenvalue weighted by Gasteiger charge is -2.32. The third-order valence-electron chi connectivity index (χ3n) is 4.56. The molecule has 1 amide bonds. The average molecular weight is 386 g/mol. The Bertz CT molecular complexity index is 764. The minimum Gasteiger partial charge on any atom is -0.366 e. The van der Waals surface area contributed by atoms with Crippen LogP contribution in [0.25, 0.3) is 0 Å². The molecule has 0 heterocycles. The number of carbonyl (C=O) groups excluding carboxylic acids is 1. The van der Waals surface area contributed by atoms with E-state index in [1.165, 1.54) is 5.56 Å². The highest BCUT2D eigenvalue weighted by atomic mass is 35.5. The molecule has 3 N–H and O–H groups in total. The third kappa shape index (κ3) is 3.55. The molecule has 0 radical (unpaired) electrons. The molecule has 0 saturated carbocycles. The van der Waals surface area contributed by atoms with E-state index in [9.17, 15) is 4.79 Å². The number of halogens is 3. The highest BCUT2D eigenvalue weighted by Gasteiger charge is 2.28. The average Bonchev–Trinajstić information content (AvgIpc) is 2.55. The number of nitrogens with one attached hydrogen (secondary N) is 1. The molecule has 1 aliphatic rings. The highest BCUT2D eigenvalue weighted by molar-refractivity contribution is 6.42. The Kier molecular flexibility index (Phi) is 6.16. The maximum absolute atomic E-state index is 11.5. The molecule has 0 aromatic heterocycles. The van der Waals surface area contributed by atoms with E-state index in [-0.39, 0.29) is 24.4 Å². The van der Waals surface area contributed by atoms with Gasteiger partial charge in [0.05, 0.1) is 10.0 Å². The van der Waals surface area contributed by atoms with E-state index in [4.69, 9.17) is 28.9 Å². The molecule has 3 rings (SSSR count). The smallest absolute Gasteiger partial charge is 0.248 e. The Morgan fingerprint density at radius 1 is 1.08 bits per heavy atom. The number of hydrogen-bond donors (Lipinski definition) is 2. The van der Waals surface area contributed by atoms with Crippen LogP contribution >= 0.6 is 35.6 Å². The van der Waals surface area contributed by atoms with Crippen LogP contribution in [0, 0.1) is 0 Å². The number of nitrogens with two attached hydrogens (primary N) is 1. The Morgan fingerprint density at radius 3 is 2.46 bits per heavy atom. The van der Waals surface area contributed by atoms with Crippen LogP contribution in [0.5, 0.6) is 0 Å². The Morgan fingerprint density at radius 2 is 1.83 bits per heavy atom. The minimum atomic E-state index is -0.410. The van der Waals surface area contributed by atoms with Crippen molar-refractivity contribution in [2.45, 2.75) is 24.8 Å². The number of amides is 1. The molecule has 0 fully saturated rings. The fourth-order valence-corrected chi connectivity index (χ4v) is 3.67. The normalized spacial score (nSPS) is 19.3. The molecular weight excluding hydrogens is 367 g/mol. The number of primary amides is 1. The van der Waals surface area contributed by atoms with E-state index < -0.39 is 5.91 Å². The first-order valence-corrected chi connectivity index (χ1v) is 8.32. The van der Waals surface area contributed by atoms with Crippen LogP contribution in [-0.4, -0.2) is 13.0 Å². The molecular formula is C18H19Cl3N2O. The van der Waals surface area contributed by atoms with Gasteiger partial charge < -0.3 is 11.1 Å². The van der Waals surface area contributed by atoms with Crippen molar-refractivity contribution < 1.29 is 4.79 Å². The van der Waals surface area contributed by atoms with Crippen molar-refractivity contribution in [3.8, 4) is 0 Å². The topological polar surface area (TPSA) is 55.1 Å². The van der Waals surface area contributed by atoms with E-state index in [0.29, 0.717) is 15.6 Å². The molecule has 2 atom stereocenters. The zero-order valence-corrected chi connectivity index (χ0v) is 15.5. The fraction of sp³-hybridized carbons (Fsp3) is 0.278. The van der Waals surface area contributed by atoms with Gasteiger partial charge in [0, 0.05) is 17.5 Å². The number of fused-ring (bicyclic) bond motifs is 1. The number of benzene rings is 2. The SMILES string of the molecule is CN[C@H]1CC[C@@H](c2ccc(Cl)c(Cl)c2)c2cc(C(N)=O)ccc21.Cl. The van der Waals surface area contributed by atoms with Crippen LogP contribution in [-0.2, 0) is 0 Å². The van der Waals surface area contributed by atoms with E-state index in [0.717, 1.165) is 24.0 Å². The molecule has 2 aromatic rings. The second-order valence-corrected chi connectivity index (χ2v) is 6.67. The zero-order chi connectivity index (χ0) is 16.6. The minimum absolute atomic E-state index is 0. The lowest BCUT2D eigenvalue weighted by molar-refractivity contribution is 0.1000. The summed E-state index contributed by atoms with van der Waals surface area (Å²) in [5.74, 6) is -0.226. The quantitative estimate of drug-likeness (QED) is 0.804. The molecule has 3 nitrogen and oxygen atoms in total. The number of hydrogen-bond acceptors (Lipinski definition) is 2. The van der Waals surface area contributed by atoms with Crippen LogP contribution in [0.15, 0.2) is 36.4 Å². The zero-order valence-electron chi connectivity index (χ0n) is 13.2. The van der Waals surface area contributed by atoms with E-state index in [2.05, 4.69) is 5.32 Å². The van der Waals surface area contributed by atoms with Gasteiger partial charge in [-0.25, -0.2) is 0 Å². The van der Waals surface area contributed by atoms with Gasteiger partial charge in [0.15, 0.2) is 0 Å². The first kappa shape index (κ1) is 19.1. The molecule has 0 unspecified atom stereocenters. The number of rotatable bonds is 3. The van der Waals surface area contributed by atoms with Gasteiger partial charge in [0.1, 0.15) is 0 Å². The van der Waals surface area contributed by atoms with E-state index in [1.807, 2.05) is 37.4 Å². The van der Waals surface area contributed by atoms with Crippen molar-refractivity contribution in [1.82, 2.24) is 5.32 Å². The second kappa shape index (κ2) is 7.75. The van der Waals surface area contributed by atoms with Crippen LogP contribution in [0.4, 0.5) is 0 Å². The molecule has 1 aliphatic carbocycles. The fourth-order valence-electron chi connectivity index (χ4n) is 3.37. The first-order chi connectivity index (χ1) is 11.0. The van der Waals surface area contributed by atoms with Gasteiger partial charge in [-0.05, 0) is 60.8 Å². The van der Waals surface area contributed by atoms with Crippen LogP contribution in [0.2, 0.25) is 10.0 Å². The lowest BCUT2D eigenvalue weighted by Crippen LogP contribution is -2.25. The first-order valence-electron chi connectivity index (χ1n) is 7.57. The predicted octanol–water partition coefficient (Wildman–Crippen LogP) is 4.70. The molecule has 2 aromatic carbocycles. The molecule has 6 heteroatoms. The monoisotopic (exact) mass is 384 g/mol. The van der Waals surface area contributed by atoms with Crippen molar-refractivity contribution in [2.24, 2.45) is 5.73 Å². The van der Waals surface area contributed by atoms with Gasteiger partial charge in [0.2, 0.25) is 5.91 Å². The van der Waals surface area contributed by atoms with Crippen LogP contribution in [0.3, 0.4) is 0 Å². The van der Waals surface area contributed by atoms with E-state index in [1.54, 1.807) is 6.07 Å². The van der Waals surface area contributed by atoms with Gasteiger partial charge in [0.25, 0.3) is 0 Å². The summed E-state index contributed by atoms with van der Waals surface area (Å²) >= 11 is 12.2. The maximum Gasteiger partial charge on any atom is 0.248 e. The molecule has 0 saturated heterocycles. The summed E-state index contributed by atoms with van der Waals surface area (Å²) in [6, 6.07) is 11.7. The summed E-state index contributed by atoms with van der Waals surface area (Å²) in [5, 5.41) is 4.43. The van der Waals surface area contributed by atoms with Crippen molar-refractivity contribution in [3.63, 3.8) is 0 Å². The summed E-state index contributed by atoms with van der Waals surface area (Å²) in [4.78, 5) is 11.5. The summed E-state index contributed by atoms with van der Waals surface area (Å²) in [7, 11) is 1.95. The lowest BCUT2D eigenvalue weighted by atomic mass is 9.76. The molecule has 0 bridgehead atoms. The number of carbonyl (C=O) groups is 1. The van der Waals surface area contributed by atoms with Gasteiger partial charge in [-0.2, -0.15) is 0 Å². The summed E-state index contributed by atoms with van der Waals surface area (Å²) in [6.07, 6.45) is 1.99. The van der Waals surface area contributed by atoms with Gasteiger partial charge in [-0.3, -0.25) is 4.79 Å². The van der Waals surface area contributed by atoms with Crippen LogP contribution < -0.4 is 11.1 Å². The molecule has 24 heavy (non-hydrogen) atoms. The predicted molar refractivity (Wildman–Crippen MR) is 102 cm³/mol. The van der Waals surface area contributed by atoms with Crippen LogP contribution in [0.1, 0.15) is 51.8 Å². The molecule has 128 valence electrons. The highest BCUT2D eigenvalue weighted by Crippen LogP contribution is 2.42. The Balaban J connectivity index is 0.00000208. The Hall–Kier alpha value is -1.26. The van der Waals surface area contributed by atoms with Gasteiger partial charge in [-0.15, -0.1) is 12.4 Å². The van der Waals surface area contributed by atoms with Gasteiger partial charge in [-0.1, -0.05) is 35.3 Å². The maximum atomic E-state index is 11.5. The third-order valence-corrected chi connectivity index (χ3v) is 5.30. The van der Waals surface area contributed by atoms with Crippen molar-refractivity contribution in [2.75, 3.05) is 7.05 Å². The standard InChI is InChI=1S/C18H18Cl2N2O.ClH/c1-22-17-7-5-12(10-3-6-15(19)16(20)9-10)14-8-11(18(21)23)2-4-13(14)17;/h2-4,6,8-9,12,17,22H,5,7H2,1H3,(H2,21,23);1H/t12-,17-;/m0./s1. The van der Waals surface area contributed by atoms with E-state index >= 15 is 0 Å². The largest absolute Gasteiger partial charge is 0.366 e. The Labute approximate surface area is 157 Å². The summed E-state index contributed by atoms with van der Waals surface area (Å²) < 4.78 is 0. The van der Waals surface area contributed by atoms with Gasteiger partial charge >= 0.3 is 0 Å².